The summed E-state index contributed by atoms with van der Waals surface area (Å²) in [6, 6.07) is 3.04. The Morgan fingerprint density at radius 1 is 1.50 bits per heavy atom. The zero-order valence-electron chi connectivity index (χ0n) is 7.99. The third-order valence-electron chi connectivity index (χ3n) is 1.72. The molecule has 0 aromatic carbocycles. The van der Waals surface area contributed by atoms with E-state index >= 15 is 0 Å². The van der Waals surface area contributed by atoms with Crippen molar-refractivity contribution in [1.82, 2.24) is 10.2 Å². The van der Waals surface area contributed by atoms with E-state index in [9.17, 15) is 4.79 Å². The molecule has 0 aliphatic heterocycles. The fourth-order valence-corrected chi connectivity index (χ4v) is 2.18. The summed E-state index contributed by atoms with van der Waals surface area (Å²) < 4.78 is 0. The standard InChI is InChI=1S/C8H8N4OS2.ClH/c9-6(5-2-1-3-14-5)7(13)11-8-12-10-4-15-8;/h1-4,6H,9H2,(H,11,12,13);1H. The van der Waals surface area contributed by atoms with Crippen LogP contribution >= 0.6 is 35.1 Å². The number of nitrogens with one attached hydrogen (secondary N) is 1. The first-order valence-corrected chi connectivity index (χ1v) is 5.89. The van der Waals surface area contributed by atoms with E-state index in [1.807, 2.05) is 17.5 Å². The van der Waals surface area contributed by atoms with E-state index in [4.69, 9.17) is 5.73 Å². The fourth-order valence-electron chi connectivity index (χ4n) is 1.01. The van der Waals surface area contributed by atoms with Crippen molar-refractivity contribution >= 4 is 46.1 Å². The maximum absolute atomic E-state index is 11.6. The zero-order valence-corrected chi connectivity index (χ0v) is 10.4. The maximum atomic E-state index is 11.6. The summed E-state index contributed by atoms with van der Waals surface area (Å²) >= 11 is 2.71. The summed E-state index contributed by atoms with van der Waals surface area (Å²) in [7, 11) is 0. The highest BCUT2D eigenvalue weighted by atomic mass is 35.5. The maximum Gasteiger partial charge on any atom is 0.248 e. The minimum atomic E-state index is -0.645. The monoisotopic (exact) mass is 276 g/mol. The molecule has 16 heavy (non-hydrogen) atoms. The number of hydrogen-bond donors (Lipinski definition) is 2. The van der Waals surface area contributed by atoms with Crippen LogP contribution in [0.25, 0.3) is 0 Å². The molecule has 1 amide bonds. The number of rotatable bonds is 3. The quantitative estimate of drug-likeness (QED) is 0.893. The van der Waals surface area contributed by atoms with Crippen molar-refractivity contribution in [3.8, 4) is 0 Å². The molecule has 2 heterocycles. The second-order valence-electron chi connectivity index (χ2n) is 2.73. The molecule has 2 aromatic heterocycles. The summed E-state index contributed by atoms with van der Waals surface area (Å²) in [4.78, 5) is 12.4. The number of anilines is 1. The average Bonchev–Trinajstić information content (AvgIpc) is 2.88. The van der Waals surface area contributed by atoms with E-state index in [2.05, 4.69) is 15.5 Å². The smallest absolute Gasteiger partial charge is 0.248 e. The molecule has 86 valence electrons. The van der Waals surface area contributed by atoms with E-state index in [1.165, 1.54) is 22.7 Å². The van der Waals surface area contributed by atoms with Crippen molar-refractivity contribution in [2.24, 2.45) is 5.73 Å². The van der Waals surface area contributed by atoms with Gasteiger partial charge in [0.05, 0.1) is 0 Å². The Morgan fingerprint density at radius 3 is 2.88 bits per heavy atom. The molecule has 8 heteroatoms. The van der Waals surface area contributed by atoms with E-state index < -0.39 is 6.04 Å². The lowest BCUT2D eigenvalue weighted by Gasteiger charge is -2.07. The largest absolute Gasteiger partial charge is 0.316 e. The number of halogens is 1. The Morgan fingerprint density at radius 2 is 2.31 bits per heavy atom. The van der Waals surface area contributed by atoms with Crippen LogP contribution in [-0.2, 0) is 4.79 Å². The second-order valence-corrected chi connectivity index (χ2v) is 4.54. The molecule has 2 aromatic rings. The summed E-state index contributed by atoms with van der Waals surface area (Å²) in [6.07, 6.45) is 0. The lowest BCUT2D eigenvalue weighted by Crippen LogP contribution is -2.26. The van der Waals surface area contributed by atoms with Crippen LogP contribution in [0.15, 0.2) is 23.0 Å². The van der Waals surface area contributed by atoms with Gasteiger partial charge in [-0.1, -0.05) is 17.4 Å². The van der Waals surface area contributed by atoms with Gasteiger partial charge in [-0.05, 0) is 11.4 Å². The number of hydrogen-bond acceptors (Lipinski definition) is 6. The molecule has 0 fully saturated rings. The number of amides is 1. The summed E-state index contributed by atoms with van der Waals surface area (Å²) in [5.41, 5.74) is 7.30. The molecule has 5 nitrogen and oxygen atoms in total. The van der Waals surface area contributed by atoms with Gasteiger partial charge in [-0.25, -0.2) is 0 Å². The first-order valence-electron chi connectivity index (χ1n) is 4.13. The van der Waals surface area contributed by atoms with Crippen LogP contribution in [0.2, 0.25) is 0 Å². The minimum absolute atomic E-state index is 0. The van der Waals surface area contributed by atoms with E-state index in [0.29, 0.717) is 5.13 Å². The number of nitrogens with two attached hydrogens (primary N) is 1. The number of thiophene rings is 1. The van der Waals surface area contributed by atoms with E-state index in [-0.39, 0.29) is 18.3 Å². The molecule has 1 unspecified atom stereocenters. The van der Waals surface area contributed by atoms with Gasteiger partial charge in [-0.3, -0.25) is 10.1 Å². The van der Waals surface area contributed by atoms with Gasteiger partial charge in [-0.15, -0.1) is 33.9 Å². The molecule has 2 rings (SSSR count). The van der Waals surface area contributed by atoms with Gasteiger partial charge in [0.25, 0.3) is 0 Å². The molecule has 0 aliphatic rings. The number of nitrogens with zero attached hydrogens (tertiary/aromatic N) is 2. The molecular formula is C8H9ClN4OS2. The number of carbonyl (C=O) groups excluding carboxylic acids is 1. The van der Waals surface area contributed by atoms with Crippen LogP contribution in [0.1, 0.15) is 10.9 Å². The lowest BCUT2D eigenvalue weighted by atomic mass is 10.2. The van der Waals surface area contributed by atoms with Crippen LogP contribution in [0.3, 0.4) is 0 Å². The molecule has 0 bridgehead atoms. The SMILES string of the molecule is Cl.NC(C(=O)Nc1nncs1)c1cccs1. The van der Waals surface area contributed by atoms with E-state index in [0.717, 1.165) is 4.88 Å². The number of carbonyl (C=O) groups is 1. The van der Waals surface area contributed by atoms with Gasteiger partial charge in [0.2, 0.25) is 11.0 Å². The molecule has 3 N–H and O–H groups in total. The third-order valence-corrected chi connectivity index (χ3v) is 3.28. The Labute approximate surface area is 106 Å². The van der Waals surface area contributed by atoms with Crippen molar-refractivity contribution in [2.75, 3.05) is 5.32 Å². The van der Waals surface area contributed by atoms with Crippen LogP contribution in [0.5, 0.6) is 0 Å². The molecule has 1 atom stereocenters. The molecule has 0 radical (unpaired) electrons. The van der Waals surface area contributed by atoms with Crippen molar-refractivity contribution < 1.29 is 4.79 Å². The molecule has 0 spiro atoms. The van der Waals surface area contributed by atoms with Crippen molar-refractivity contribution in [3.05, 3.63) is 27.9 Å². The van der Waals surface area contributed by atoms with Crippen molar-refractivity contribution in [2.45, 2.75) is 6.04 Å². The predicted octanol–water partition coefficient (Wildman–Crippen LogP) is 1.66. The lowest BCUT2D eigenvalue weighted by molar-refractivity contribution is -0.117. The Bertz CT molecular complexity index is 431. The average molecular weight is 277 g/mol. The van der Waals surface area contributed by atoms with Crippen LogP contribution in [-0.4, -0.2) is 16.1 Å². The highest BCUT2D eigenvalue weighted by Gasteiger charge is 2.17. The number of aromatic nitrogens is 2. The van der Waals surface area contributed by atoms with Crippen LogP contribution < -0.4 is 11.1 Å². The van der Waals surface area contributed by atoms with Gasteiger partial charge in [0.15, 0.2) is 0 Å². The van der Waals surface area contributed by atoms with Gasteiger partial charge < -0.3 is 5.73 Å². The zero-order chi connectivity index (χ0) is 10.7. The van der Waals surface area contributed by atoms with Crippen LogP contribution in [0.4, 0.5) is 5.13 Å². The third kappa shape index (κ3) is 2.99. The molecule has 0 saturated carbocycles. The Kier molecular flexibility index (Phi) is 4.81. The minimum Gasteiger partial charge on any atom is -0.316 e. The molecular weight excluding hydrogens is 268 g/mol. The first-order chi connectivity index (χ1) is 7.27. The van der Waals surface area contributed by atoms with Crippen LogP contribution in [0, 0.1) is 0 Å². The second kappa shape index (κ2) is 5.90. The molecule has 0 aliphatic carbocycles. The topological polar surface area (TPSA) is 80.9 Å². The Balaban J connectivity index is 0.00000128. The van der Waals surface area contributed by atoms with Gasteiger partial charge in [0.1, 0.15) is 11.6 Å². The first kappa shape index (κ1) is 13.0. The van der Waals surface area contributed by atoms with Gasteiger partial charge >= 0.3 is 0 Å². The molecule has 0 saturated heterocycles. The normalized spacial score (nSPS) is 11.6. The van der Waals surface area contributed by atoms with Crippen molar-refractivity contribution in [1.29, 1.82) is 0 Å². The summed E-state index contributed by atoms with van der Waals surface area (Å²) in [5.74, 6) is -0.269. The predicted molar refractivity (Wildman–Crippen MR) is 67.0 cm³/mol. The Hall–Kier alpha value is -1.02. The summed E-state index contributed by atoms with van der Waals surface area (Å²) in [6.45, 7) is 0. The highest BCUT2D eigenvalue weighted by molar-refractivity contribution is 7.13. The highest BCUT2D eigenvalue weighted by Crippen LogP contribution is 2.18. The summed E-state index contributed by atoms with van der Waals surface area (Å²) in [5, 5.41) is 12.3. The van der Waals surface area contributed by atoms with Gasteiger partial charge in [-0.2, -0.15) is 0 Å². The van der Waals surface area contributed by atoms with Gasteiger partial charge in [0, 0.05) is 4.88 Å². The van der Waals surface area contributed by atoms with Crippen molar-refractivity contribution in [3.63, 3.8) is 0 Å². The fraction of sp³-hybridized carbons (Fsp3) is 0.125. The van der Waals surface area contributed by atoms with E-state index in [1.54, 1.807) is 5.51 Å².